The molecule has 1 fully saturated rings. The van der Waals surface area contributed by atoms with E-state index in [2.05, 4.69) is 18.3 Å². The topological polar surface area (TPSA) is 21.3 Å². The highest BCUT2D eigenvalue weighted by Crippen LogP contribution is 2.27. The predicted molar refractivity (Wildman–Crippen MR) is 85.3 cm³/mol. The second-order valence-corrected chi connectivity index (χ2v) is 6.04. The molecule has 112 valence electrons. The fourth-order valence-corrected chi connectivity index (χ4v) is 3.04. The standard InChI is InChI=1S/C17H26ClNO/c1-2-19-13-17(14-8-7-9-15(18)12-14)20-16-10-5-3-4-6-11-16/h7-9,12,16-17,19H,2-6,10-11,13H2,1H3. The molecule has 1 aliphatic carbocycles. The maximum Gasteiger partial charge on any atom is 0.0953 e. The number of likely N-dealkylation sites (N-methyl/N-ethyl adjacent to an activating group) is 1. The maximum atomic E-state index is 6.39. The molecule has 0 radical (unpaired) electrons. The van der Waals surface area contributed by atoms with Crippen molar-refractivity contribution in [2.75, 3.05) is 13.1 Å². The van der Waals surface area contributed by atoms with Crippen LogP contribution in [0.1, 0.15) is 57.1 Å². The van der Waals surface area contributed by atoms with Crippen molar-refractivity contribution in [1.82, 2.24) is 5.32 Å². The molecular weight excluding hydrogens is 270 g/mol. The van der Waals surface area contributed by atoms with Gasteiger partial charge in [0.25, 0.3) is 0 Å². The first kappa shape index (κ1) is 15.8. The second-order valence-electron chi connectivity index (χ2n) is 5.60. The van der Waals surface area contributed by atoms with E-state index in [0.717, 1.165) is 18.1 Å². The lowest BCUT2D eigenvalue weighted by molar-refractivity contribution is -0.0199. The molecule has 1 saturated carbocycles. The Morgan fingerprint density at radius 3 is 2.65 bits per heavy atom. The molecule has 0 aliphatic heterocycles. The summed E-state index contributed by atoms with van der Waals surface area (Å²) in [7, 11) is 0. The third-order valence-electron chi connectivity index (χ3n) is 3.96. The first-order valence-electron chi connectivity index (χ1n) is 7.91. The highest BCUT2D eigenvalue weighted by atomic mass is 35.5. The number of halogens is 1. The summed E-state index contributed by atoms with van der Waals surface area (Å²) in [4.78, 5) is 0. The Balaban J connectivity index is 2.02. The Morgan fingerprint density at radius 1 is 1.25 bits per heavy atom. The van der Waals surface area contributed by atoms with Crippen LogP contribution in [0.15, 0.2) is 24.3 Å². The molecule has 0 heterocycles. The fraction of sp³-hybridized carbons (Fsp3) is 0.647. The number of hydrogen-bond donors (Lipinski definition) is 1. The van der Waals surface area contributed by atoms with Gasteiger partial charge in [0, 0.05) is 11.6 Å². The maximum absolute atomic E-state index is 6.39. The van der Waals surface area contributed by atoms with Crippen molar-refractivity contribution in [3.05, 3.63) is 34.9 Å². The van der Waals surface area contributed by atoms with E-state index in [0.29, 0.717) is 6.10 Å². The van der Waals surface area contributed by atoms with Gasteiger partial charge in [-0.1, -0.05) is 56.3 Å². The molecule has 20 heavy (non-hydrogen) atoms. The SMILES string of the molecule is CCNCC(OC1CCCCCC1)c1cccc(Cl)c1. The summed E-state index contributed by atoms with van der Waals surface area (Å²) in [6.45, 7) is 3.94. The quantitative estimate of drug-likeness (QED) is 0.766. The summed E-state index contributed by atoms with van der Waals surface area (Å²) in [6, 6.07) is 8.07. The number of rotatable bonds is 6. The lowest BCUT2D eigenvalue weighted by Gasteiger charge is -2.25. The van der Waals surface area contributed by atoms with Gasteiger partial charge < -0.3 is 10.1 Å². The van der Waals surface area contributed by atoms with E-state index in [1.54, 1.807) is 0 Å². The summed E-state index contributed by atoms with van der Waals surface area (Å²) in [6.07, 6.45) is 8.22. The normalized spacial score (nSPS) is 18.7. The van der Waals surface area contributed by atoms with Gasteiger partial charge in [-0.15, -0.1) is 0 Å². The van der Waals surface area contributed by atoms with Gasteiger partial charge in [-0.2, -0.15) is 0 Å². The molecule has 2 rings (SSSR count). The zero-order valence-electron chi connectivity index (χ0n) is 12.4. The van der Waals surface area contributed by atoms with E-state index in [4.69, 9.17) is 16.3 Å². The van der Waals surface area contributed by atoms with Crippen molar-refractivity contribution in [2.45, 2.75) is 57.7 Å². The van der Waals surface area contributed by atoms with Gasteiger partial charge in [0.05, 0.1) is 12.2 Å². The van der Waals surface area contributed by atoms with Crippen LogP contribution in [0.2, 0.25) is 5.02 Å². The molecule has 3 heteroatoms. The van der Waals surface area contributed by atoms with Crippen molar-refractivity contribution in [3.63, 3.8) is 0 Å². The van der Waals surface area contributed by atoms with Crippen LogP contribution in [0, 0.1) is 0 Å². The summed E-state index contributed by atoms with van der Waals surface area (Å²) < 4.78 is 6.39. The van der Waals surface area contributed by atoms with Gasteiger partial charge in [0.1, 0.15) is 0 Å². The van der Waals surface area contributed by atoms with Crippen LogP contribution in [0.4, 0.5) is 0 Å². The van der Waals surface area contributed by atoms with Crippen LogP contribution in [0.3, 0.4) is 0 Å². The van der Waals surface area contributed by atoms with Gasteiger partial charge in [-0.05, 0) is 37.1 Å². The van der Waals surface area contributed by atoms with Gasteiger partial charge >= 0.3 is 0 Å². The van der Waals surface area contributed by atoms with Crippen LogP contribution in [-0.2, 0) is 4.74 Å². The van der Waals surface area contributed by atoms with E-state index in [9.17, 15) is 0 Å². The fourth-order valence-electron chi connectivity index (χ4n) is 2.84. The number of benzene rings is 1. The molecule has 1 aliphatic rings. The lowest BCUT2D eigenvalue weighted by atomic mass is 10.1. The van der Waals surface area contributed by atoms with Crippen molar-refractivity contribution in [3.8, 4) is 0 Å². The highest BCUT2D eigenvalue weighted by molar-refractivity contribution is 6.30. The zero-order chi connectivity index (χ0) is 14.2. The van der Waals surface area contributed by atoms with Crippen molar-refractivity contribution in [2.24, 2.45) is 0 Å². The van der Waals surface area contributed by atoms with Crippen molar-refractivity contribution < 1.29 is 4.74 Å². The molecular formula is C17H26ClNO. The third-order valence-corrected chi connectivity index (χ3v) is 4.19. The Morgan fingerprint density at radius 2 is 2.00 bits per heavy atom. The molecule has 2 nitrogen and oxygen atoms in total. The number of nitrogens with one attached hydrogen (secondary N) is 1. The molecule has 1 atom stereocenters. The molecule has 0 bridgehead atoms. The van der Waals surface area contributed by atoms with E-state index in [1.807, 2.05) is 18.2 Å². The molecule has 1 aromatic rings. The number of hydrogen-bond acceptors (Lipinski definition) is 2. The first-order chi connectivity index (χ1) is 9.79. The summed E-state index contributed by atoms with van der Waals surface area (Å²) >= 11 is 6.12. The second kappa shape index (κ2) is 8.66. The van der Waals surface area contributed by atoms with Crippen molar-refractivity contribution in [1.29, 1.82) is 0 Å². The van der Waals surface area contributed by atoms with Crippen LogP contribution < -0.4 is 5.32 Å². The van der Waals surface area contributed by atoms with Gasteiger partial charge in [-0.25, -0.2) is 0 Å². The molecule has 1 N–H and O–H groups in total. The largest absolute Gasteiger partial charge is 0.369 e. The van der Waals surface area contributed by atoms with Gasteiger partial charge in [-0.3, -0.25) is 0 Å². The van der Waals surface area contributed by atoms with Crippen LogP contribution in [-0.4, -0.2) is 19.2 Å². The van der Waals surface area contributed by atoms with E-state index >= 15 is 0 Å². The van der Waals surface area contributed by atoms with Gasteiger partial charge in [0.15, 0.2) is 0 Å². The summed E-state index contributed by atoms with van der Waals surface area (Å²) in [5, 5.41) is 4.19. The molecule has 0 saturated heterocycles. The average molecular weight is 296 g/mol. The van der Waals surface area contributed by atoms with Crippen LogP contribution in [0.25, 0.3) is 0 Å². The third kappa shape index (κ3) is 5.08. The Kier molecular flexibility index (Phi) is 6.85. The monoisotopic (exact) mass is 295 g/mol. The highest BCUT2D eigenvalue weighted by Gasteiger charge is 2.19. The molecule has 1 unspecified atom stereocenters. The Bertz CT molecular complexity index is 388. The smallest absolute Gasteiger partial charge is 0.0953 e. The summed E-state index contributed by atoms with van der Waals surface area (Å²) in [5.74, 6) is 0. The van der Waals surface area contributed by atoms with E-state index in [1.165, 1.54) is 44.1 Å². The van der Waals surface area contributed by atoms with Crippen molar-refractivity contribution >= 4 is 11.6 Å². The predicted octanol–water partition coefficient (Wildman–Crippen LogP) is 4.73. The van der Waals surface area contributed by atoms with Gasteiger partial charge in [0.2, 0.25) is 0 Å². The minimum Gasteiger partial charge on any atom is -0.369 e. The lowest BCUT2D eigenvalue weighted by Crippen LogP contribution is -2.26. The zero-order valence-corrected chi connectivity index (χ0v) is 13.2. The Labute approximate surface area is 127 Å². The molecule has 0 amide bonds. The van der Waals surface area contributed by atoms with E-state index in [-0.39, 0.29) is 6.10 Å². The minimum absolute atomic E-state index is 0.108. The average Bonchev–Trinajstić information content (AvgIpc) is 2.72. The van der Waals surface area contributed by atoms with Crippen LogP contribution in [0.5, 0.6) is 0 Å². The van der Waals surface area contributed by atoms with E-state index < -0.39 is 0 Å². The molecule has 1 aromatic carbocycles. The summed E-state index contributed by atoms with van der Waals surface area (Å²) in [5.41, 5.74) is 1.18. The molecule has 0 spiro atoms. The molecule has 0 aromatic heterocycles. The first-order valence-corrected chi connectivity index (χ1v) is 8.29. The van der Waals surface area contributed by atoms with Crippen LogP contribution >= 0.6 is 11.6 Å². The minimum atomic E-state index is 0.108. The Hall–Kier alpha value is -0.570. The number of ether oxygens (including phenoxy) is 1.